The Morgan fingerprint density at radius 1 is 0.655 bits per heavy atom. The molecule has 1 aromatic heterocycles. The molecule has 0 radical (unpaired) electrons. The average Bonchev–Trinajstić information content (AvgIpc) is 2.52. The van der Waals surface area contributed by atoms with Crippen LogP contribution in [0.15, 0.2) is 6.20 Å². The summed E-state index contributed by atoms with van der Waals surface area (Å²) < 4.78 is 16.1. The van der Waals surface area contributed by atoms with Crippen molar-refractivity contribution in [1.29, 1.82) is 0 Å². The van der Waals surface area contributed by atoms with Crippen LogP contribution in [0.5, 0.6) is 17.4 Å². The van der Waals surface area contributed by atoms with Crippen LogP contribution < -0.4 is 18.4 Å². The fourth-order valence-electron chi connectivity index (χ4n) is 1.14. The van der Waals surface area contributed by atoms with Crippen molar-refractivity contribution in [3.05, 3.63) is 6.20 Å². The predicted octanol–water partition coefficient (Wildman–Crippen LogP) is -8.31. The van der Waals surface area contributed by atoms with Gasteiger partial charge in [0.25, 0.3) is 0 Å². The zero-order valence-electron chi connectivity index (χ0n) is 15.9. The van der Waals surface area contributed by atoms with Gasteiger partial charge in [-0.3, -0.25) is 0 Å². The Balaban J connectivity index is -0.000000162. The summed E-state index contributed by atoms with van der Waals surface area (Å²) in [5, 5.41) is 86.0. The SMILES string of the molecule is OB(O)O.OB(O)O.OB(O)O.OB(O)O.[Li][c]1c(OC)cnc(OC)c1OC. The van der Waals surface area contributed by atoms with E-state index >= 15 is 0 Å². The Bertz CT molecular complexity index is 451. The van der Waals surface area contributed by atoms with Crippen molar-refractivity contribution in [2.24, 2.45) is 0 Å². The van der Waals surface area contributed by atoms with Gasteiger partial charge < -0.3 is 60.3 Å². The third kappa shape index (κ3) is 34.8. The van der Waals surface area contributed by atoms with Crippen LogP contribution in [0, 0.1) is 0 Å². The number of aromatic nitrogens is 1. The molecule has 1 rings (SSSR count). The molecule has 29 heavy (non-hydrogen) atoms. The molecular formula is C8H22B4LiNO15. The van der Waals surface area contributed by atoms with Crippen LogP contribution in [0.25, 0.3) is 0 Å². The molecule has 0 aliphatic heterocycles. The molecule has 16 nitrogen and oxygen atoms in total. The summed E-state index contributed by atoms with van der Waals surface area (Å²) in [6.07, 6.45) is 1.61. The van der Waals surface area contributed by atoms with Gasteiger partial charge in [-0.15, -0.1) is 0 Å². The first-order valence-corrected chi connectivity index (χ1v) is 6.96. The van der Waals surface area contributed by atoms with E-state index in [-0.39, 0.29) is 0 Å². The van der Waals surface area contributed by atoms with Gasteiger partial charge in [-0.05, 0) is 0 Å². The van der Waals surface area contributed by atoms with Gasteiger partial charge in [-0.2, -0.15) is 0 Å². The number of methoxy groups -OCH3 is 3. The molecule has 0 aromatic carbocycles. The molecule has 0 aliphatic rings. The maximum atomic E-state index is 7.17. The van der Waals surface area contributed by atoms with Crippen molar-refractivity contribution in [2.75, 3.05) is 21.3 Å². The summed E-state index contributed by atoms with van der Waals surface area (Å²) in [5.41, 5.74) is 0. The van der Waals surface area contributed by atoms with Crippen molar-refractivity contribution in [1.82, 2.24) is 4.98 Å². The van der Waals surface area contributed by atoms with Gasteiger partial charge in [-0.25, -0.2) is 0 Å². The minimum absolute atomic E-state index is 0.473. The molecule has 12 N–H and O–H groups in total. The molecule has 1 aromatic rings. The third-order valence-corrected chi connectivity index (χ3v) is 1.82. The van der Waals surface area contributed by atoms with E-state index < -0.39 is 29.3 Å². The fourth-order valence-corrected chi connectivity index (χ4v) is 1.14. The van der Waals surface area contributed by atoms with Crippen LogP contribution in [0.3, 0.4) is 0 Å². The summed E-state index contributed by atoms with van der Waals surface area (Å²) in [6.45, 7) is 0. The van der Waals surface area contributed by atoms with E-state index in [2.05, 4.69) is 4.98 Å². The fraction of sp³-hybridized carbons (Fsp3) is 0.375. The zero-order valence-corrected chi connectivity index (χ0v) is 15.9. The number of hydrogen-bond donors (Lipinski definition) is 12. The van der Waals surface area contributed by atoms with E-state index in [1.165, 1.54) is 0 Å². The zero-order chi connectivity index (χ0) is 24.2. The minimum atomic E-state index is -2.17. The maximum absolute atomic E-state index is 7.17. The molecule has 0 fully saturated rings. The van der Waals surface area contributed by atoms with Gasteiger partial charge in [0.2, 0.25) is 0 Å². The normalized spacial score (nSPS) is 8.03. The van der Waals surface area contributed by atoms with Crippen molar-refractivity contribution in [3.63, 3.8) is 0 Å². The van der Waals surface area contributed by atoms with Gasteiger partial charge in [0.1, 0.15) is 0 Å². The van der Waals surface area contributed by atoms with Crippen LogP contribution >= 0.6 is 0 Å². The monoisotopic (exact) mass is 423 g/mol. The average molecular weight is 422 g/mol. The Morgan fingerprint density at radius 3 is 1.17 bits per heavy atom. The van der Waals surface area contributed by atoms with Crippen LogP contribution in [0.1, 0.15) is 0 Å². The quantitative estimate of drug-likeness (QED) is 0.201. The van der Waals surface area contributed by atoms with E-state index in [0.29, 0.717) is 17.4 Å². The number of pyridine rings is 1. The van der Waals surface area contributed by atoms with E-state index in [4.69, 9.17) is 74.5 Å². The summed E-state index contributed by atoms with van der Waals surface area (Å²) in [5.74, 6) is 1.78. The van der Waals surface area contributed by atoms with Crippen LogP contribution in [-0.4, -0.2) is 134 Å². The van der Waals surface area contributed by atoms with Crippen molar-refractivity contribution in [3.8, 4) is 17.4 Å². The van der Waals surface area contributed by atoms with Crippen molar-refractivity contribution >= 4 is 51.2 Å². The molecule has 0 saturated carbocycles. The van der Waals surface area contributed by atoms with E-state index in [9.17, 15) is 0 Å². The summed E-state index contributed by atoms with van der Waals surface area (Å²) >= 11 is 1.89. The summed E-state index contributed by atoms with van der Waals surface area (Å²) in [7, 11) is -3.95. The molecule has 21 heteroatoms. The Hall–Kier alpha value is -1.07. The first kappa shape index (κ1) is 35.4. The molecule has 0 aliphatic carbocycles. The molecular weight excluding hydrogens is 400 g/mol. The van der Waals surface area contributed by atoms with Gasteiger partial charge in [-0.1, -0.05) is 0 Å². The van der Waals surface area contributed by atoms with Gasteiger partial charge in [0.15, 0.2) is 0 Å². The van der Waals surface area contributed by atoms with Crippen LogP contribution in [-0.2, 0) is 0 Å². The van der Waals surface area contributed by atoms with Gasteiger partial charge in [0, 0.05) is 0 Å². The molecule has 0 amide bonds. The second-order valence-corrected chi connectivity index (χ2v) is 3.88. The second-order valence-electron chi connectivity index (χ2n) is 3.88. The molecule has 0 saturated heterocycles. The number of rotatable bonds is 3. The predicted molar refractivity (Wildman–Crippen MR) is 98.9 cm³/mol. The Morgan fingerprint density at radius 2 is 0.966 bits per heavy atom. The van der Waals surface area contributed by atoms with E-state index in [1.54, 1.807) is 27.5 Å². The summed E-state index contributed by atoms with van der Waals surface area (Å²) in [6, 6.07) is 0. The summed E-state index contributed by atoms with van der Waals surface area (Å²) in [4.78, 5) is 4.03. The standard InChI is InChI=1S/C8H10NO3.4BH3O3.Li/c1-10-6-4-7(11-2)8(12-3)9-5-6;4*2-1(3)4;/h5H,1-3H3;4*2-4H;. The molecule has 1 heterocycles. The Kier molecular flexibility index (Phi) is 28.3. The Labute approximate surface area is 176 Å². The van der Waals surface area contributed by atoms with Crippen LogP contribution in [0.2, 0.25) is 0 Å². The molecule has 162 valence electrons. The number of nitrogens with zero attached hydrogens (tertiary/aromatic N) is 1. The number of ether oxygens (including phenoxy) is 3. The topological polar surface area (TPSA) is 283 Å². The van der Waals surface area contributed by atoms with Crippen LogP contribution in [0.4, 0.5) is 0 Å². The van der Waals surface area contributed by atoms with E-state index in [1.807, 2.05) is 17.7 Å². The first-order chi connectivity index (χ1) is 13.2. The van der Waals surface area contributed by atoms with Gasteiger partial charge >= 0.3 is 115 Å². The van der Waals surface area contributed by atoms with E-state index in [0.717, 1.165) is 4.24 Å². The molecule has 0 spiro atoms. The molecule has 0 unspecified atom stereocenters. The molecule has 0 bridgehead atoms. The number of hydrogen-bond acceptors (Lipinski definition) is 16. The second kappa shape index (κ2) is 23.2. The molecule has 0 atom stereocenters. The van der Waals surface area contributed by atoms with Crippen molar-refractivity contribution in [2.45, 2.75) is 0 Å². The van der Waals surface area contributed by atoms with Gasteiger partial charge in [0.05, 0.1) is 0 Å². The van der Waals surface area contributed by atoms with Crippen molar-refractivity contribution < 1.29 is 74.5 Å². The first-order valence-electron chi connectivity index (χ1n) is 6.96. The third-order valence-electron chi connectivity index (χ3n) is 1.82.